The summed E-state index contributed by atoms with van der Waals surface area (Å²) in [6.07, 6.45) is -1.64. The van der Waals surface area contributed by atoms with E-state index in [-0.39, 0.29) is 5.56 Å². The van der Waals surface area contributed by atoms with Crippen molar-refractivity contribution >= 4 is 38.9 Å². The van der Waals surface area contributed by atoms with Crippen molar-refractivity contribution in [3.8, 4) is 0 Å². The van der Waals surface area contributed by atoms with Crippen LogP contribution in [0.25, 0.3) is 5.57 Å². The number of fused-ring (bicyclic) bond motifs is 2. The highest BCUT2D eigenvalue weighted by molar-refractivity contribution is 7.90. The van der Waals surface area contributed by atoms with E-state index >= 15 is 0 Å². The zero-order valence-electron chi connectivity index (χ0n) is 11.8. The second-order valence-electron chi connectivity index (χ2n) is 5.31. The van der Waals surface area contributed by atoms with Gasteiger partial charge in [-0.25, -0.2) is 0 Å². The molecule has 3 nitrogen and oxygen atoms in total. The fraction of sp³-hybridized carbons (Fsp3) is 0.200. The Labute approximate surface area is 136 Å². The van der Waals surface area contributed by atoms with Crippen LogP contribution in [0.4, 0.5) is 13.2 Å². The molecule has 0 saturated heterocycles. The quantitative estimate of drug-likeness (QED) is 0.661. The van der Waals surface area contributed by atoms with E-state index in [9.17, 15) is 21.6 Å². The molecule has 0 saturated carbocycles. The summed E-state index contributed by atoms with van der Waals surface area (Å²) in [6, 6.07) is 3.26. The van der Waals surface area contributed by atoms with E-state index < -0.39 is 26.7 Å². The fourth-order valence-corrected chi connectivity index (χ4v) is 4.44. The van der Waals surface area contributed by atoms with Crippen LogP contribution in [0.2, 0.25) is 0 Å². The van der Waals surface area contributed by atoms with Crippen LogP contribution < -0.4 is 0 Å². The molecule has 0 aromatic heterocycles. The molecule has 0 atom stereocenters. The van der Waals surface area contributed by atoms with Gasteiger partial charge in [-0.1, -0.05) is 36.0 Å². The van der Waals surface area contributed by atoms with Crippen LogP contribution in [-0.4, -0.2) is 19.5 Å². The number of rotatable bonds is 0. The SMILES string of the molecule is CC1=CC2=C(C(=S)C1)c1cccc(C(F)(F)F)c1S(=O)(=O)N=C2. The van der Waals surface area contributed by atoms with Crippen LogP contribution in [0.3, 0.4) is 0 Å². The molecule has 1 heterocycles. The summed E-state index contributed by atoms with van der Waals surface area (Å²) < 4.78 is 67.8. The van der Waals surface area contributed by atoms with Gasteiger partial charge in [0.25, 0.3) is 10.0 Å². The Morgan fingerprint density at radius 1 is 1.26 bits per heavy atom. The minimum atomic E-state index is -4.80. The minimum absolute atomic E-state index is 0.0407. The highest BCUT2D eigenvalue weighted by atomic mass is 32.2. The van der Waals surface area contributed by atoms with E-state index in [1.54, 1.807) is 6.08 Å². The average Bonchev–Trinajstić information content (AvgIpc) is 2.53. The molecule has 8 heteroatoms. The molecule has 1 aliphatic heterocycles. The third-order valence-corrected chi connectivity index (χ3v) is 5.27. The maximum absolute atomic E-state index is 13.3. The molecular formula is C15H10F3NO2S2. The van der Waals surface area contributed by atoms with Gasteiger partial charge in [-0.05, 0) is 13.0 Å². The lowest BCUT2D eigenvalue weighted by molar-refractivity contribution is -0.139. The molecule has 0 unspecified atom stereocenters. The third-order valence-electron chi connectivity index (χ3n) is 3.59. The van der Waals surface area contributed by atoms with Crippen LogP contribution in [-0.2, 0) is 16.2 Å². The number of allylic oxidation sites excluding steroid dienone is 4. The van der Waals surface area contributed by atoms with Crippen LogP contribution in [0, 0.1) is 0 Å². The molecule has 0 bridgehead atoms. The molecule has 1 aliphatic carbocycles. The summed E-state index contributed by atoms with van der Waals surface area (Å²) in [6.45, 7) is 1.82. The Kier molecular flexibility index (Phi) is 3.57. The first-order chi connectivity index (χ1) is 10.6. The van der Waals surface area contributed by atoms with Crippen LogP contribution in [0.5, 0.6) is 0 Å². The summed E-state index contributed by atoms with van der Waals surface area (Å²) in [5.41, 5.74) is 0.376. The first kappa shape index (κ1) is 16.1. The highest BCUT2D eigenvalue weighted by Crippen LogP contribution is 2.42. The zero-order valence-corrected chi connectivity index (χ0v) is 13.4. The molecule has 0 N–H and O–H groups in total. The van der Waals surface area contributed by atoms with Crippen molar-refractivity contribution in [2.45, 2.75) is 24.4 Å². The first-order valence-corrected chi connectivity index (χ1v) is 8.41. The predicted octanol–water partition coefficient (Wildman–Crippen LogP) is 3.95. The van der Waals surface area contributed by atoms with Gasteiger partial charge < -0.3 is 0 Å². The largest absolute Gasteiger partial charge is 0.417 e. The Hall–Kier alpha value is -1.80. The molecule has 120 valence electrons. The smallest absolute Gasteiger partial charge is 0.199 e. The maximum Gasteiger partial charge on any atom is 0.417 e. The van der Waals surface area contributed by atoms with E-state index in [4.69, 9.17) is 12.2 Å². The molecule has 0 amide bonds. The van der Waals surface area contributed by atoms with E-state index in [1.165, 1.54) is 12.1 Å². The number of benzene rings is 1. The van der Waals surface area contributed by atoms with Gasteiger partial charge in [0.2, 0.25) is 0 Å². The molecule has 0 radical (unpaired) electrons. The van der Waals surface area contributed by atoms with Crippen molar-refractivity contribution in [2.75, 3.05) is 0 Å². The molecule has 2 aliphatic rings. The summed E-state index contributed by atoms with van der Waals surface area (Å²) in [5.74, 6) is 0. The predicted molar refractivity (Wildman–Crippen MR) is 85.0 cm³/mol. The zero-order chi connectivity index (χ0) is 17.0. The van der Waals surface area contributed by atoms with Crippen LogP contribution in [0.1, 0.15) is 24.5 Å². The van der Waals surface area contributed by atoms with Crippen molar-refractivity contribution in [2.24, 2.45) is 4.40 Å². The fourth-order valence-electron chi connectivity index (χ4n) is 2.71. The number of alkyl halides is 3. The van der Waals surface area contributed by atoms with Gasteiger partial charge in [0.15, 0.2) is 0 Å². The summed E-state index contributed by atoms with van der Waals surface area (Å²) >= 11 is 5.29. The number of sulfonamides is 1. The van der Waals surface area contributed by atoms with Gasteiger partial charge in [-0.2, -0.15) is 26.0 Å². The summed E-state index contributed by atoms with van der Waals surface area (Å²) in [5, 5.41) is 0. The van der Waals surface area contributed by atoms with E-state index in [2.05, 4.69) is 4.40 Å². The first-order valence-electron chi connectivity index (χ1n) is 6.57. The third kappa shape index (κ3) is 2.66. The molecular weight excluding hydrogens is 347 g/mol. The van der Waals surface area contributed by atoms with Crippen molar-refractivity contribution in [3.63, 3.8) is 0 Å². The summed E-state index contributed by atoms with van der Waals surface area (Å²) in [7, 11) is -4.47. The topological polar surface area (TPSA) is 46.5 Å². The van der Waals surface area contributed by atoms with E-state index in [1.807, 2.05) is 6.92 Å². The van der Waals surface area contributed by atoms with Crippen LogP contribution >= 0.6 is 12.2 Å². The lowest BCUT2D eigenvalue weighted by Crippen LogP contribution is -2.15. The molecule has 3 rings (SSSR count). The lowest BCUT2D eigenvalue weighted by atomic mass is 9.88. The second-order valence-corrected chi connectivity index (χ2v) is 7.37. The van der Waals surface area contributed by atoms with E-state index in [0.29, 0.717) is 22.4 Å². The number of hydrogen-bond donors (Lipinski definition) is 0. The Morgan fingerprint density at radius 2 is 1.96 bits per heavy atom. The Balaban J connectivity index is 2.46. The molecule has 1 aromatic carbocycles. The van der Waals surface area contributed by atoms with Gasteiger partial charge >= 0.3 is 6.18 Å². The maximum atomic E-state index is 13.3. The van der Waals surface area contributed by atoms with Gasteiger partial charge in [0.05, 0.1) is 5.56 Å². The van der Waals surface area contributed by atoms with Crippen molar-refractivity contribution in [1.29, 1.82) is 0 Å². The van der Waals surface area contributed by atoms with Crippen LogP contribution in [0.15, 0.2) is 44.7 Å². The summed E-state index contributed by atoms with van der Waals surface area (Å²) in [4.78, 5) is -0.423. The lowest BCUT2D eigenvalue weighted by Gasteiger charge is -2.20. The minimum Gasteiger partial charge on any atom is -0.199 e. The van der Waals surface area contributed by atoms with Crippen molar-refractivity contribution in [3.05, 3.63) is 46.5 Å². The van der Waals surface area contributed by atoms with Crippen molar-refractivity contribution in [1.82, 2.24) is 0 Å². The van der Waals surface area contributed by atoms with Gasteiger partial charge in [-0.15, -0.1) is 0 Å². The number of thiocarbonyl (C=S) groups is 1. The molecule has 0 spiro atoms. The molecule has 1 aromatic rings. The Bertz CT molecular complexity index is 923. The van der Waals surface area contributed by atoms with Gasteiger partial charge in [0.1, 0.15) is 4.90 Å². The standard InChI is InChI=1S/C15H10F3NO2S2/c1-8-5-9-7-19-23(20,21)14-10(13(9)12(22)6-8)3-2-4-11(14)15(16,17)18/h2-5,7H,6H2,1H3. The van der Waals surface area contributed by atoms with Gasteiger partial charge in [-0.3, -0.25) is 0 Å². The van der Waals surface area contributed by atoms with Crippen molar-refractivity contribution < 1.29 is 21.6 Å². The van der Waals surface area contributed by atoms with Gasteiger partial charge in [0, 0.05) is 34.2 Å². The second kappa shape index (κ2) is 5.10. The number of hydrogen-bond acceptors (Lipinski definition) is 3. The molecule has 0 fully saturated rings. The average molecular weight is 357 g/mol. The number of nitrogens with zero attached hydrogens (tertiary/aromatic N) is 1. The molecule has 23 heavy (non-hydrogen) atoms. The normalized spacial score (nSPS) is 19.8. The van der Waals surface area contributed by atoms with E-state index in [0.717, 1.165) is 17.9 Å². The monoisotopic (exact) mass is 357 g/mol. The highest BCUT2D eigenvalue weighted by Gasteiger charge is 2.40. The Morgan fingerprint density at radius 3 is 2.61 bits per heavy atom. The number of halogens is 3.